The van der Waals surface area contributed by atoms with Crippen molar-refractivity contribution in [2.24, 2.45) is 11.7 Å². The van der Waals surface area contributed by atoms with E-state index < -0.39 is 6.10 Å². The Morgan fingerprint density at radius 3 is 2.59 bits per heavy atom. The van der Waals surface area contributed by atoms with E-state index in [1.807, 2.05) is 0 Å². The van der Waals surface area contributed by atoms with Crippen LogP contribution in [0.25, 0.3) is 0 Å². The summed E-state index contributed by atoms with van der Waals surface area (Å²) in [6.45, 7) is 2.31. The number of carbonyl (C=O) groups is 1. The van der Waals surface area contributed by atoms with Gasteiger partial charge in [-0.3, -0.25) is 4.79 Å². The minimum Gasteiger partial charge on any atom is -0.481 e. The lowest BCUT2D eigenvalue weighted by atomic mass is 10.0. The molecule has 1 aromatic rings. The lowest BCUT2D eigenvalue weighted by Crippen LogP contribution is -2.45. The summed E-state index contributed by atoms with van der Waals surface area (Å²) in [6.07, 6.45) is 2.54. The lowest BCUT2D eigenvalue weighted by Gasteiger charge is -2.22. The van der Waals surface area contributed by atoms with E-state index in [-0.39, 0.29) is 24.4 Å². The summed E-state index contributed by atoms with van der Waals surface area (Å²) in [4.78, 5) is 12.2. The molecular formula is C15H21Cl3N2O2. The maximum absolute atomic E-state index is 12.2. The van der Waals surface area contributed by atoms with E-state index in [2.05, 4.69) is 5.32 Å². The van der Waals surface area contributed by atoms with Gasteiger partial charge in [0.2, 0.25) is 0 Å². The van der Waals surface area contributed by atoms with Crippen LogP contribution in [0, 0.1) is 5.92 Å². The molecule has 0 bridgehead atoms. The summed E-state index contributed by atoms with van der Waals surface area (Å²) >= 11 is 11.8. The third-order valence-corrected chi connectivity index (χ3v) is 4.24. The van der Waals surface area contributed by atoms with Crippen LogP contribution in [0.3, 0.4) is 0 Å². The fourth-order valence-electron chi connectivity index (χ4n) is 2.66. The first kappa shape index (κ1) is 19.4. The highest BCUT2D eigenvalue weighted by Crippen LogP contribution is 2.26. The van der Waals surface area contributed by atoms with E-state index in [4.69, 9.17) is 33.7 Å². The Bertz CT molecular complexity index is 493. The van der Waals surface area contributed by atoms with Crippen molar-refractivity contribution in [1.29, 1.82) is 0 Å². The number of hydrogen-bond donors (Lipinski definition) is 2. The number of halogens is 3. The molecule has 0 aliphatic heterocycles. The molecule has 4 nitrogen and oxygen atoms in total. The molecule has 124 valence electrons. The predicted octanol–water partition coefficient (Wildman–Crippen LogP) is 3.43. The summed E-state index contributed by atoms with van der Waals surface area (Å²) in [6, 6.07) is 5.03. The topological polar surface area (TPSA) is 64.3 Å². The van der Waals surface area contributed by atoms with Gasteiger partial charge in [0.25, 0.3) is 5.91 Å². The summed E-state index contributed by atoms with van der Waals surface area (Å²) in [5, 5.41) is 3.97. The molecule has 2 rings (SSSR count). The molecule has 0 aromatic heterocycles. The molecule has 1 amide bonds. The Labute approximate surface area is 147 Å². The SMILES string of the molecule is CC(Oc1cc(Cl)cc(Cl)c1)C(=O)NC1CCCC1CN.Cl. The van der Waals surface area contributed by atoms with Crippen molar-refractivity contribution in [3.05, 3.63) is 28.2 Å². The van der Waals surface area contributed by atoms with Gasteiger partial charge in [0, 0.05) is 16.1 Å². The van der Waals surface area contributed by atoms with Gasteiger partial charge in [-0.25, -0.2) is 0 Å². The molecule has 1 saturated carbocycles. The van der Waals surface area contributed by atoms with Crippen LogP contribution in [0.2, 0.25) is 10.0 Å². The Kier molecular flexibility index (Phi) is 7.77. The van der Waals surface area contributed by atoms with Crippen molar-refractivity contribution in [1.82, 2.24) is 5.32 Å². The third-order valence-electron chi connectivity index (χ3n) is 3.81. The minimum absolute atomic E-state index is 0. The molecule has 7 heteroatoms. The molecule has 0 spiro atoms. The second kappa shape index (κ2) is 8.82. The van der Waals surface area contributed by atoms with Crippen molar-refractivity contribution in [2.75, 3.05) is 6.54 Å². The lowest BCUT2D eigenvalue weighted by molar-refractivity contribution is -0.128. The van der Waals surface area contributed by atoms with Crippen LogP contribution in [0.4, 0.5) is 0 Å². The summed E-state index contributed by atoms with van der Waals surface area (Å²) in [5.41, 5.74) is 5.72. The van der Waals surface area contributed by atoms with Gasteiger partial charge >= 0.3 is 0 Å². The number of amides is 1. The molecule has 3 N–H and O–H groups in total. The number of hydrogen-bond acceptors (Lipinski definition) is 3. The van der Waals surface area contributed by atoms with Crippen molar-refractivity contribution in [2.45, 2.75) is 38.3 Å². The molecule has 0 heterocycles. The molecule has 3 unspecified atom stereocenters. The van der Waals surface area contributed by atoms with Crippen LogP contribution in [-0.4, -0.2) is 24.6 Å². The molecule has 1 fully saturated rings. The first-order valence-electron chi connectivity index (χ1n) is 7.12. The molecule has 0 radical (unpaired) electrons. The smallest absolute Gasteiger partial charge is 0.261 e. The Morgan fingerprint density at radius 1 is 1.36 bits per heavy atom. The average Bonchev–Trinajstić information content (AvgIpc) is 2.84. The highest BCUT2D eigenvalue weighted by atomic mass is 35.5. The Hall–Kier alpha value is -0.680. The van der Waals surface area contributed by atoms with Gasteiger partial charge in [-0.05, 0) is 50.4 Å². The van der Waals surface area contributed by atoms with E-state index in [0.717, 1.165) is 19.3 Å². The monoisotopic (exact) mass is 366 g/mol. The van der Waals surface area contributed by atoms with E-state index in [0.29, 0.717) is 28.3 Å². The molecule has 1 aliphatic carbocycles. The van der Waals surface area contributed by atoms with Crippen molar-refractivity contribution in [3.63, 3.8) is 0 Å². The van der Waals surface area contributed by atoms with Gasteiger partial charge in [-0.2, -0.15) is 0 Å². The summed E-state index contributed by atoms with van der Waals surface area (Å²) in [5.74, 6) is 0.704. The molecule has 1 aliphatic rings. The quantitative estimate of drug-likeness (QED) is 0.838. The molecule has 22 heavy (non-hydrogen) atoms. The zero-order valence-corrected chi connectivity index (χ0v) is 14.7. The highest BCUT2D eigenvalue weighted by Gasteiger charge is 2.29. The minimum atomic E-state index is -0.612. The number of nitrogens with one attached hydrogen (secondary N) is 1. The van der Waals surface area contributed by atoms with E-state index in [1.54, 1.807) is 25.1 Å². The molecular weight excluding hydrogens is 347 g/mol. The fraction of sp³-hybridized carbons (Fsp3) is 0.533. The van der Waals surface area contributed by atoms with Crippen molar-refractivity contribution < 1.29 is 9.53 Å². The maximum atomic E-state index is 12.2. The number of rotatable bonds is 5. The first-order valence-corrected chi connectivity index (χ1v) is 7.88. The van der Waals surface area contributed by atoms with Crippen LogP contribution in [0.15, 0.2) is 18.2 Å². The normalized spacial score (nSPS) is 21.8. The standard InChI is InChI=1S/C15H20Cl2N2O2.ClH/c1-9(21-13-6-11(16)5-12(17)7-13)15(20)19-14-4-2-3-10(14)8-18;/h5-7,9-10,14H,2-4,8,18H2,1H3,(H,19,20);1H. The van der Waals surface area contributed by atoms with Gasteiger partial charge in [-0.15, -0.1) is 12.4 Å². The third kappa shape index (κ3) is 5.20. The van der Waals surface area contributed by atoms with Crippen molar-refractivity contribution >= 4 is 41.5 Å². The fourth-order valence-corrected chi connectivity index (χ4v) is 3.17. The van der Waals surface area contributed by atoms with Crippen LogP contribution in [0.1, 0.15) is 26.2 Å². The molecule has 1 aromatic carbocycles. The molecule has 3 atom stereocenters. The van der Waals surface area contributed by atoms with Crippen LogP contribution in [0.5, 0.6) is 5.75 Å². The first-order chi connectivity index (χ1) is 9.99. The average molecular weight is 368 g/mol. The maximum Gasteiger partial charge on any atom is 0.261 e. The van der Waals surface area contributed by atoms with Crippen LogP contribution < -0.4 is 15.8 Å². The Balaban J connectivity index is 0.00000242. The highest BCUT2D eigenvalue weighted by molar-refractivity contribution is 6.34. The largest absolute Gasteiger partial charge is 0.481 e. The van der Waals surface area contributed by atoms with Gasteiger partial charge in [-0.1, -0.05) is 29.6 Å². The van der Waals surface area contributed by atoms with Gasteiger partial charge in [0.1, 0.15) is 5.75 Å². The zero-order valence-electron chi connectivity index (χ0n) is 12.4. The number of ether oxygens (including phenoxy) is 1. The van der Waals surface area contributed by atoms with Crippen LogP contribution >= 0.6 is 35.6 Å². The van der Waals surface area contributed by atoms with E-state index in [9.17, 15) is 4.79 Å². The summed E-state index contributed by atoms with van der Waals surface area (Å²) < 4.78 is 5.60. The summed E-state index contributed by atoms with van der Waals surface area (Å²) in [7, 11) is 0. The number of nitrogens with two attached hydrogens (primary N) is 1. The predicted molar refractivity (Wildman–Crippen MR) is 92.1 cm³/mol. The van der Waals surface area contributed by atoms with Crippen molar-refractivity contribution in [3.8, 4) is 5.75 Å². The number of benzene rings is 1. The second-order valence-corrected chi connectivity index (χ2v) is 6.28. The molecule has 0 saturated heterocycles. The second-order valence-electron chi connectivity index (χ2n) is 5.41. The van der Waals surface area contributed by atoms with E-state index in [1.165, 1.54) is 0 Å². The Morgan fingerprint density at radius 2 is 2.00 bits per heavy atom. The van der Waals surface area contributed by atoms with Crippen LogP contribution in [-0.2, 0) is 4.79 Å². The van der Waals surface area contributed by atoms with Gasteiger partial charge in [0.05, 0.1) is 0 Å². The van der Waals surface area contributed by atoms with Gasteiger partial charge < -0.3 is 15.8 Å². The van der Waals surface area contributed by atoms with E-state index >= 15 is 0 Å². The van der Waals surface area contributed by atoms with Gasteiger partial charge in [0.15, 0.2) is 6.10 Å². The number of carbonyl (C=O) groups excluding carboxylic acids is 1. The zero-order chi connectivity index (χ0) is 15.4.